The van der Waals surface area contributed by atoms with Gasteiger partial charge in [0.2, 0.25) is 0 Å². The van der Waals surface area contributed by atoms with Crippen molar-refractivity contribution in [2.45, 2.75) is 30.8 Å². The van der Waals surface area contributed by atoms with Crippen molar-refractivity contribution in [2.75, 3.05) is 6.61 Å². The predicted octanol–water partition coefficient (Wildman–Crippen LogP) is -2.17. The summed E-state index contributed by atoms with van der Waals surface area (Å²) in [6, 6.07) is -0.651. The van der Waals surface area contributed by atoms with Crippen molar-refractivity contribution in [3.63, 3.8) is 0 Å². The van der Waals surface area contributed by atoms with Gasteiger partial charge in [0.25, 0.3) is 0 Å². The van der Waals surface area contributed by atoms with Crippen molar-refractivity contribution >= 4 is 12.4 Å². The third-order valence-corrected chi connectivity index (χ3v) is 2.49. The zero-order valence-corrected chi connectivity index (χ0v) is 7.89. The van der Waals surface area contributed by atoms with E-state index in [4.69, 9.17) is 10.8 Å². The molecule has 0 aliphatic heterocycles. The molecule has 0 aromatic carbocycles. The second-order valence-corrected chi connectivity index (χ2v) is 3.23. The van der Waals surface area contributed by atoms with Gasteiger partial charge in [-0.2, -0.15) is 0 Å². The molecular weight excluding hydrogens is 198 g/mol. The lowest BCUT2D eigenvalue weighted by Gasteiger charge is -2.17. The molecule has 1 aliphatic rings. The first-order valence-electron chi connectivity index (χ1n) is 4.00. The molecule has 5 atom stereocenters. The zero-order chi connectivity index (χ0) is 9.30. The Kier molecular flexibility index (Phi) is 5.13. The Hall–Kier alpha value is 0.0900. The van der Waals surface area contributed by atoms with Gasteiger partial charge in [-0.3, -0.25) is 0 Å². The third kappa shape index (κ3) is 2.31. The third-order valence-electron chi connectivity index (χ3n) is 2.49. The summed E-state index contributed by atoms with van der Waals surface area (Å²) in [5.74, 6) is -0.417. The highest BCUT2D eigenvalue weighted by molar-refractivity contribution is 5.85. The molecule has 0 bridgehead atoms. The molecule has 0 aromatic heterocycles. The fraction of sp³-hybridized carbons (Fsp3) is 1.00. The molecule has 6 heteroatoms. The van der Waals surface area contributed by atoms with Crippen LogP contribution in [-0.2, 0) is 0 Å². The smallest absolute Gasteiger partial charge is 0.108 e. The topological polar surface area (TPSA) is 107 Å². The Bertz CT molecular complexity index is 145. The first-order chi connectivity index (χ1) is 5.59. The SMILES string of the molecule is Cl.N[C@@H]1[C@H](O)[C@@H](O)[C@@H](O)[C@H]1CCO. The predicted molar refractivity (Wildman–Crippen MR) is 48.4 cm³/mol. The van der Waals surface area contributed by atoms with Gasteiger partial charge in [-0.05, 0) is 6.42 Å². The molecule has 1 aliphatic carbocycles. The second-order valence-electron chi connectivity index (χ2n) is 3.23. The standard InChI is InChI=1S/C7H15NO4.ClH/c8-4-3(1-2-9)5(10)7(12)6(4)11;/h3-7,9-12H,1-2,8H2;1H/t3-,4-,5-,6-,7-;/m0./s1. The summed E-state index contributed by atoms with van der Waals surface area (Å²) in [5.41, 5.74) is 5.51. The molecule has 0 radical (unpaired) electrons. The van der Waals surface area contributed by atoms with E-state index in [0.29, 0.717) is 6.42 Å². The van der Waals surface area contributed by atoms with Gasteiger partial charge < -0.3 is 26.2 Å². The molecule has 6 N–H and O–H groups in total. The minimum absolute atomic E-state index is 0. The molecule has 5 nitrogen and oxygen atoms in total. The van der Waals surface area contributed by atoms with Crippen LogP contribution in [0.2, 0.25) is 0 Å². The van der Waals surface area contributed by atoms with Crippen LogP contribution < -0.4 is 5.73 Å². The Labute approximate surface area is 82.6 Å². The first kappa shape index (κ1) is 13.1. The van der Waals surface area contributed by atoms with Gasteiger partial charge in [-0.25, -0.2) is 0 Å². The van der Waals surface area contributed by atoms with Crippen LogP contribution in [0.4, 0.5) is 0 Å². The van der Waals surface area contributed by atoms with Crippen molar-refractivity contribution in [3.8, 4) is 0 Å². The molecule has 1 saturated carbocycles. The van der Waals surface area contributed by atoms with Crippen LogP contribution in [0.15, 0.2) is 0 Å². The maximum atomic E-state index is 9.33. The fourth-order valence-electron chi connectivity index (χ4n) is 1.68. The van der Waals surface area contributed by atoms with Crippen LogP contribution in [0, 0.1) is 5.92 Å². The van der Waals surface area contributed by atoms with Crippen molar-refractivity contribution in [3.05, 3.63) is 0 Å². The van der Waals surface area contributed by atoms with Crippen molar-refractivity contribution in [2.24, 2.45) is 11.7 Å². The highest BCUT2D eigenvalue weighted by Gasteiger charge is 2.46. The lowest BCUT2D eigenvalue weighted by molar-refractivity contribution is -0.0282. The van der Waals surface area contributed by atoms with Gasteiger partial charge in [0.05, 0.1) is 12.2 Å². The quantitative estimate of drug-likeness (QED) is 0.359. The molecule has 0 aromatic rings. The average Bonchev–Trinajstić information content (AvgIpc) is 2.23. The summed E-state index contributed by atoms with van der Waals surface area (Å²) in [4.78, 5) is 0. The van der Waals surface area contributed by atoms with E-state index >= 15 is 0 Å². The van der Waals surface area contributed by atoms with Gasteiger partial charge >= 0.3 is 0 Å². The van der Waals surface area contributed by atoms with Crippen molar-refractivity contribution in [1.29, 1.82) is 0 Å². The van der Waals surface area contributed by atoms with Crippen LogP contribution in [0.25, 0.3) is 0 Å². The van der Waals surface area contributed by atoms with E-state index < -0.39 is 30.3 Å². The van der Waals surface area contributed by atoms with Crippen LogP contribution in [0.5, 0.6) is 0 Å². The van der Waals surface area contributed by atoms with Crippen LogP contribution in [0.3, 0.4) is 0 Å². The number of halogens is 1. The summed E-state index contributed by atoms with van der Waals surface area (Å²) in [6.45, 7) is -0.102. The Morgan fingerprint density at radius 1 is 1.00 bits per heavy atom. The van der Waals surface area contributed by atoms with E-state index in [1.165, 1.54) is 0 Å². The van der Waals surface area contributed by atoms with E-state index in [-0.39, 0.29) is 19.0 Å². The summed E-state index contributed by atoms with van der Waals surface area (Å²) in [5, 5.41) is 36.3. The summed E-state index contributed by atoms with van der Waals surface area (Å²) in [7, 11) is 0. The summed E-state index contributed by atoms with van der Waals surface area (Å²) in [6.07, 6.45) is -2.99. The fourth-order valence-corrected chi connectivity index (χ4v) is 1.68. The van der Waals surface area contributed by atoms with E-state index in [0.717, 1.165) is 0 Å². The number of aliphatic hydroxyl groups excluding tert-OH is 4. The van der Waals surface area contributed by atoms with Crippen molar-refractivity contribution in [1.82, 2.24) is 0 Å². The Balaban J connectivity index is 0.00000144. The molecule has 0 spiro atoms. The van der Waals surface area contributed by atoms with Gasteiger partial charge in [0, 0.05) is 18.6 Å². The Morgan fingerprint density at radius 2 is 1.54 bits per heavy atom. The zero-order valence-electron chi connectivity index (χ0n) is 7.08. The molecular formula is C7H16ClNO4. The molecule has 1 fully saturated rings. The molecule has 0 unspecified atom stereocenters. The average molecular weight is 214 g/mol. The van der Waals surface area contributed by atoms with Crippen LogP contribution in [-0.4, -0.2) is 51.4 Å². The molecule has 13 heavy (non-hydrogen) atoms. The molecule has 0 heterocycles. The first-order valence-corrected chi connectivity index (χ1v) is 4.00. The number of aliphatic hydroxyl groups is 4. The van der Waals surface area contributed by atoms with E-state index in [1.807, 2.05) is 0 Å². The number of nitrogens with two attached hydrogens (primary N) is 1. The maximum Gasteiger partial charge on any atom is 0.108 e. The summed E-state index contributed by atoms with van der Waals surface area (Å²) >= 11 is 0. The largest absolute Gasteiger partial charge is 0.396 e. The monoisotopic (exact) mass is 213 g/mol. The van der Waals surface area contributed by atoms with Crippen LogP contribution in [0.1, 0.15) is 6.42 Å². The molecule has 0 saturated heterocycles. The highest BCUT2D eigenvalue weighted by atomic mass is 35.5. The van der Waals surface area contributed by atoms with Gasteiger partial charge in [0.15, 0.2) is 0 Å². The lowest BCUT2D eigenvalue weighted by Crippen LogP contribution is -2.38. The van der Waals surface area contributed by atoms with Gasteiger partial charge in [-0.15, -0.1) is 12.4 Å². The van der Waals surface area contributed by atoms with Crippen molar-refractivity contribution < 1.29 is 20.4 Å². The molecule has 80 valence electrons. The Morgan fingerprint density at radius 3 is 1.85 bits per heavy atom. The maximum absolute atomic E-state index is 9.33. The second kappa shape index (κ2) is 5.09. The van der Waals surface area contributed by atoms with E-state index in [2.05, 4.69) is 0 Å². The van der Waals surface area contributed by atoms with Crippen LogP contribution >= 0.6 is 12.4 Å². The molecule has 0 amide bonds. The molecule has 1 rings (SSSR count). The normalized spacial score (nSPS) is 44.5. The van der Waals surface area contributed by atoms with E-state index in [1.54, 1.807) is 0 Å². The lowest BCUT2D eigenvalue weighted by atomic mass is 9.98. The highest BCUT2D eigenvalue weighted by Crippen LogP contribution is 2.28. The van der Waals surface area contributed by atoms with Gasteiger partial charge in [0.1, 0.15) is 6.10 Å². The van der Waals surface area contributed by atoms with E-state index in [9.17, 15) is 15.3 Å². The number of hydrogen-bond acceptors (Lipinski definition) is 5. The number of hydrogen-bond donors (Lipinski definition) is 5. The minimum atomic E-state index is -1.18. The minimum Gasteiger partial charge on any atom is -0.396 e. The summed E-state index contributed by atoms with van der Waals surface area (Å²) < 4.78 is 0. The number of rotatable bonds is 2. The van der Waals surface area contributed by atoms with Gasteiger partial charge in [-0.1, -0.05) is 0 Å².